The number of hydroxylamine groups is 1. The molecule has 3 rings (SSSR count). The minimum absolute atomic E-state index is 0.0674. The molecular weight excluding hydrogens is 420 g/mol. The second-order valence-corrected chi connectivity index (χ2v) is 6.82. The minimum Gasteiger partial charge on any atom is -0.443 e. The van der Waals surface area contributed by atoms with Crippen molar-refractivity contribution in [2.75, 3.05) is 11.9 Å². The Kier molecular flexibility index (Phi) is 7.75. The van der Waals surface area contributed by atoms with E-state index in [1.165, 1.54) is 12.1 Å². The van der Waals surface area contributed by atoms with Crippen molar-refractivity contribution in [2.24, 2.45) is 0 Å². The number of amides is 2. The number of anilines is 1. The summed E-state index contributed by atoms with van der Waals surface area (Å²) < 4.78 is 4.97. The normalized spacial score (nSPS) is 10.2. The lowest BCUT2D eigenvalue weighted by Gasteiger charge is -2.12. The Morgan fingerprint density at radius 2 is 1.55 bits per heavy atom. The van der Waals surface area contributed by atoms with Gasteiger partial charge in [0, 0.05) is 16.1 Å². The van der Waals surface area contributed by atoms with Gasteiger partial charge in [-0.1, -0.05) is 72.3 Å². The van der Waals surface area contributed by atoms with Gasteiger partial charge in [-0.2, -0.15) is 5.48 Å². The molecule has 8 heteroatoms. The first-order valence-electron chi connectivity index (χ1n) is 9.30. The Hall–Kier alpha value is -3.68. The standard InChI is InChI=1S/C23H19ClN2O5/c24-18-11-12-20(19(13-18)22(28)17-9-5-2-6-10-17)25-21(27)15-31-26-23(29)30-14-16-7-3-1-4-8-16/h1-13H,14-15H2,(H,25,27)(H,26,29). The van der Waals surface area contributed by atoms with Gasteiger partial charge in [-0.25, -0.2) is 4.79 Å². The fourth-order valence-corrected chi connectivity index (χ4v) is 2.83. The molecule has 3 aromatic carbocycles. The number of ether oxygens (including phenoxy) is 1. The third kappa shape index (κ3) is 6.67. The van der Waals surface area contributed by atoms with Crippen LogP contribution < -0.4 is 10.8 Å². The lowest BCUT2D eigenvalue weighted by molar-refractivity contribution is -0.122. The number of hydrogen-bond acceptors (Lipinski definition) is 5. The van der Waals surface area contributed by atoms with Crippen LogP contribution in [0.5, 0.6) is 0 Å². The molecule has 0 bridgehead atoms. The molecule has 0 heterocycles. The number of benzene rings is 3. The molecule has 0 saturated heterocycles. The highest BCUT2D eigenvalue weighted by atomic mass is 35.5. The monoisotopic (exact) mass is 438 g/mol. The number of hydrogen-bond donors (Lipinski definition) is 2. The Morgan fingerprint density at radius 1 is 0.871 bits per heavy atom. The molecule has 158 valence electrons. The van der Waals surface area contributed by atoms with Gasteiger partial charge in [-0.05, 0) is 23.8 Å². The fourth-order valence-electron chi connectivity index (χ4n) is 2.66. The van der Waals surface area contributed by atoms with Crippen molar-refractivity contribution in [1.82, 2.24) is 5.48 Å². The second-order valence-electron chi connectivity index (χ2n) is 6.39. The van der Waals surface area contributed by atoms with E-state index in [-0.39, 0.29) is 23.6 Å². The lowest BCUT2D eigenvalue weighted by Crippen LogP contribution is -2.29. The number of carbonyl (C=O) groups is 3. The van der Waals surface area contributed by atoms with E-state index in [0.29, 0.717) is 10.6 Å². The van der Waals surface area contributed by atoms with Crippen molar-refractivity contribution >= 4 is 35.1 Å². The van der Waals surface area contributed by atoms with E-state index < -0.39 is 18.6 Å². The van der Waals surface area contributed by atoms with Crippen molar-refractivity contribution in [1.29, 1.82) is 0 Å². The van der Waals surface area contributed by atoms with Gasteiger partial charge in [0.05, 0.1) is 5.69 Å². The average Bonchev–Trinajstić information content (AvgIpc) is 2.79. The zero-order valence-electron chi connectivity index (χ0n) is 16.3. The predicted molar refractivity (Wildman–Crippen MR) is 116 cm³/mol. The van der Waals surface area contributed by atoms with E-state index in [4.69, 9.17) is 21.2 Å². The van der Waals surface area contributed by atoms with Crippen LogP contribution in [-0.2, 0) is 21.0 Å². The van der Waals surface area contributed by atoms with Crippen molar-refractivity contribution in [2.45, 2.75) is 6.61 Å². The van der Waals surface area contributed by atoms with Crippen molar-refractivity contribution in [3.8, 4) is 0 Å². The zero-order valence-corrected chi connectivity index (χ0v) is 17.1. The summed E-state index contributed by atoms with van der Waals surface area (Å²) in [6, 6.07) is 22.3. The van der Waals surface area contributed by atoms with Crippen molar-refractivity contribution in [3.05, 3.63) is 101 Å². The van der Waals surface area contributed by atoms with Gasteiger partial charge in [0.15, 0.2) is 12.4 Å². The third-order valence-corrected chi connectivity index (χ3v) is 4.34. The van der Waals surface area contributed by atoms with E-state index in [9.17, 15) is 14.4 Å². The van der Waals surface area contributed by atoms with Crippen LogP contribution in [0.25, 0.3) is 0 Å². The Morgan fingerprint density at radius 3 is 2.26 bits per heavy atom. The quantitative estimate of drug-likeness (QED) is 0.402. The smallest absolute Gasteiger partial charge is 0.431 e. The minimum atomic E-state index is -0.830. The van der Waals surface area contributed by atoms with Gasteiger partial charge in [0.2, 0.25) is 0 Å². The van der Waals surface area contributed by atoms with Gasteiger partial charge in [0.25, 0.3) is 5.91 Å². The van der Waals surface area contributed by atoms with Crippen LogP contribution in [0.15, 0.2) is 78.9 Å². The van der Waals surface area contributed by atoms with E-state index in [1.54, 1.807) is 36.4 Å². The van der Waals surface area contributed by atoms with Crippen molar-refractivity contribution < 1.29 is 24.0 Å². The van der Waals surface area contributed by atoms with Gasteiger partial charge in [0.1, 0.15) is 6.61 Å². The van der Waals surface area contributed by atoms with Gasteiger partial charge >= 0.3 is 6.09 Å². The summed E-state index contributed by atoms with van der Waals surface area (Å²) >= 11 is 6.03. The average molecular weight is 439 g/mol. The first-order chi connectivity index (χ1) is 15.0. The molecule has 0 aliphatic rings. The molecule has 0 fully saturated rings. The molecule has 0 aliphatic carbocycles. The van der Waals surface area contributed by atoms with Crippen molar-refractivity contribution in [3.63, 3.8) is 0 Å². The molecule has 3 aromatic rings. The summed E-state index contributed by atoms with van der Waals surface area (Å²) in [5.74, 6) is -0.866. The molecule has 0 saturated carbocycles. The first-order valence-corrected chi connectivity index (χ1v) is 9.68. The van der Waals surface area contributed by atoms with E-state index >= 15 is 0 Å². The number of halogens is 1. The molecule has 31 heavy (non-hydrogen) atoms. The highest BCUT2D eigenvalue weighted by molar-refractivity contribution is 6.31. The highest BCUT2D eigenvalue weighted by Gasteiger charge is 2.16. The van der Waals surface area contributed by atoms with E-state index in [1.807, 2.05) is 35.8 Å². The van der Waals surface area contributed by atoms with Crippen LogP contribution in [-0.4, -0.2) is 24.4 Å². The van der Waals surface area contributed by atoms with Crippen LogP contribution in [0, 0.1) is 0 Å². The summed E-state index contributed by atoms with van der Waals surface area (Å²) in [6.07, 6.45) is -0.830. The predicted octanol–water partition coefficient (Wildman–Crippen LogP) is 4.37. The summed E-state index contributed by atoms with van der Waals surface area (Å²) in [5, 5.41) is 2.94. The topological polar surface area (TPSA) is 93.7 Å². The summed E-state index contributed by atoms with van der Waals surface area (Å²) in [5.41, 5.74) is 3.82. The van der Waals surface area contributed by atoms with Crippen LogP contribution in [0.1, 0.15) is 21.5 Å². The third-order valence-electron chi connectivity index (χ3n) is 4.11. The Balaban J connectivity index is 1.52. The molecule has 0 spiro atoms. The van der Waals surface area contributed by atoms with Crippen LogP contribution in [0.4, 0.5) is 10.5 Å². The molecule has 7 nitrogen and oxygen atoms in total. The van der Waals surface area contributed by atoms with Crippen LogP contribution >= 0.6 is 11.6 Å². The number of rotatable bonds is 8. The summed E-state index contributed by atoms with van der Waals surface area (Å²) in [6.45, 7) is -0.417. The van der Waals surface area contributed by atoms with Gasteiger partial charge < -0.3 is 10.1 Å². The van der Waals surface area contributed by atoms with Crippen LogP contribution in [0.2, 0.25) is 5.02 Å². The lowest BCUT2D eigenvalue weighted by atomic mass is 10.0. The number of carbonyl (C=O) groups excluding carboxylic acids is 3. The van der Waals surface area contributed by atoms with E-state index in [2.05, 4.69) is 5.32 Å². The van der Waals surface area contributed by atoms with Crippen LogP contribution in [0.3, 0.4) is 0 Å². The summed E-state index contributed by atoms with van der Waals surface area (Å²) in [7, 11) is 0. The number of ketones is 1. The maximum Gasteiger partial charge on any atom is 0.431 e. The molecule has 2 N–H and O–H groups in total. The van der Waals surface area contributed by atoms with Gasteiger partial charge in [-0.3, -0.25) is 14.4 Å². The van der Waals surface area contributed by atoms with E-state index in [0.717, 1.165) is 5.56 Å². The molecule has 0 unspecified atom stereocenters. The first kappa shape index (κ1) is 22.0. The molecule has 0 aromatic heterocycles. The Labute approximate surface area is 183 Å². The maximum absolute atomic E-state index is 12.8. The molecular formula is C23H19ClN2O5. The molecule has 2 amide bonds. The Bertz CT molecular complexity index is 1060. The zero-order chi connectivity index (χ0) is 22.1. The second kappa shape index (κ2) is 10.9. The number of nitrogens with one attached hydrogen (secondary N) is 2. The SMILES string of the molecule is O=C(CONC(=O)OCc1ccccc1)Nc1ccc(Cl)cc1C(=O)c1ccccc1. The maximum atomic E-state index is 12.8. The summed E-state index contributed by atoms with van der Waals surface area (Å²) in [4.78, 5) is 41.5. The fraction of sp³-hybridized carbons (Fsp3) is 0.0870. The molecule has 0 aliphatic heterocycles. The van der Waals surface area contributed by atoms with Gasteiger partial charge in [-0.15, -0.1) is 0 Å². The largest absolute Gasteiger partial charge is 0.443 e. The molecule has 0 radical (unpaired) electrons. The highest BCUT2D eigenvalue weighted by Crippen LogP contribution is 2.23. The molecule has 0 atom stereocenters.